The summed E-state index contributed by atoms with van der Waals surface area (Å²) >= 11 is 0. The molecule has 0 aliphatic rings. The van der Waals surface area contributed by atoms with Crippen LogP contribution in [0.15, 0.2) is 65.4 Å². The lowest BCUT2D eigenvalue weighted by Gasteiger charge is -2.20. The molecule has 2 heterocycles. The Kier molecular flexibility index (Phi) is 5.98. The van der Waals surface area contributed by atoms with Crippen LogP contribution in [-0.4, -0.2) is 31.2 Å². The van der Waals surface area contributed by atoms with Gasteiger partial charge in [0.25, 0.3) is 5.91 Å². The highest BCUT2D eigenvalue weighted by atomic mass is 16.5. The van der Waals surface area contributed by atoms with Crippen LogP contribution in [0.4, 0.5) is 0 Å². The zero-order valence-corrected chi connectivity index (χ0v) is 17.9. The normalized spacial score (nSPS) is 12.0. The zero-order valence-electron chi connectivity index (χ0n) is 17.9. The van der Waals surface area contributed by atoms with Gasteiger partial charge in [0.15, 0.2) is 17.3 Å². The number of carbonyl (C=O) groups is 1. The first-order valence-corrected chi connectivity index (χ1v) is 10.3. The number of methoxy groups -OCH3 is 1. The van der Waals surface area contributed by atoms with Crippen molar-refractivity contribution in [2.45, 2.75) is 19.8 Å². The summed E-state index contributed by atoms with van der Waals surface area (Å²) in [5, 5.41) is 4.15. The topological polar surface area (TPSA) is 76.5 Å². The van der Waals surface area contributed by atoms with Crippen molar-refractivity contribution >= 4 is 16.8 Å². The van der Waals surface area contributed by atoms with Crippen LogP contribution in [0.2, 0.25) is 0 Å². The molecule has 0 aliphatic carbocycles. The molecule has 0 radical (unpaired) electrons. The molecule has 2 aromatic heterocycles. The Labute approximate surface area is 181 Å². The van der Waals surface area contributed by atoms with Gasteiger partial charge in [-0.05, 0) is 49.2 Å². The minimum atomic E-state index is -0.231. The van der Waals surface area contributed by atoms with E-state index in [4.69, 9.17) is 13.9 Å². The molecule has 4 aromatic rings. The SMILES string of the molecule is CCOc1ccc(C(CNC(=O)c2occc2C)c2c[nH]c3ccccc23)cc1OC. The van der Waals surface area contributed by atoms with Crippen molar-refractivity contribution in [3.63, 3.8) is 0 Å². The molecule has 6 heteroatoms. The Balaban J connectivity index is 1.71. The summed E-state index contributed by atoms with van der Waals surface area (Å²) in [5.41, 5.74) is 3.97. The molecular formula is C25H26N2O4. The Morgan fingerprint density at radius 2 is 2.00 bits per heavy atom. The van der Waals surface area contributed by atoms with Crippen molar-refractivity contribution in [2.24, 2.45) is 0 Å². The molecule has 0 saturated carbocycles. The first kappa shape index (κ1) is 20.6. The van der Waals surface area contributed by atoms with Crippen LogP contribution in [0.1, 0.15) is 40.1 Å². The molecule has 6 nitrogen and oxygen atoms in total. The van der Waals surface area contributed by atoms with Crippen molar-refractivity contribution in [2.75, 3.05) is 20.3 Å². The van der Waals surface area contributed by atoms with E-state index < -0.39 is 0 Å². The number of ether oxygens (including phenoxy) is 2. The molecule has 4 rings (SSSR count). The average molecular weight is 418 g/mol. The standard InChI is InChI=1S/C25H26N2O4/c1-4-30-22-10-9-17(13-23(22)29-3)19(14-27-25(28)24-16(2)11-12-31-24)20-15-26-21-8-6-5-7-18(20)21/h5-13,15,19,26H,4,14H2,1-3H3,(H,27,28). The van der Waals surface area contributed by atoms with Crippen molar-refractivity contribution in [1.82, 2.24) is 10.3 Å². The summed E-state index contributed by atoms with van der Waals surface area (Å²) in [7, 11) is 1.63. The summed E-state index contributed by atoms with van der Waals surface area (Å²) in [6.45, 7) is 4.75. The molecule has 1 atom stereocenters. The highest BCUT2D eigenvalue weighted by Crippen LogP contribution is 2.36. The maximum Gasteiger partial charge on any atom is 0.287 e. The predicted molar refractivity (Wildman–Crippen MR) is 120 cm³/mol. The van der Waals surface area contributed by atoms with Gasteiger partial charge < -0.3 is 24.2 Å². The highest BCUT2D eigenvalue weighted by Gasteiger charge is 2.22. The van der Waals surface area contributed by atoms with Crippen molar-refractivity contribution in [3.05, 3.63) is 83.4 Å². The molecule has 160 valence electrons. The number of fused-ring (bicyclic) bond motifs is 1. The van der Waals surface area contributed by atoms with E-state index in [1.54, 1.807) is 13.2 Å². The summed E-state index contributed by atoms with van der Waals surface area (Å²) in [6, 6.07) is 15.8. The second-order valence-electron chi connectivity index (χ2n) is 7.33. The van der Waals surface area contributed by atoms with Crippen LogP contribution in [-0.2, 0) is 0 Å². The number of carbonyl (C=O) groups excluding carboxylic acids is 1. The van der Waals surface area contributed by atoms with Crippen LogP contribution in [0, 0.1) is 6.92 Å². The molecule has 0 spiro atoms. The Hall–Kier alpha value is -3.67. The van der Waals surface area contributed by atoms with Crippen molar-refractivity contribution < 1.29 is 18.7 Å². The number of aromatic nitrogens is 1. The van der Waals surface area contributed by atoms with E-state index in [9.17, 15) is 4.79 Å². The van der Waals surface area contributed by atoms with Gasteiger partial charge in [-0.2, -0.15) is 0 Å². The zero-order chi connectivity index (χ0) is 21.8. The second-order valence-corrected chi connectivity index (χ2v) is 7.33. The molecule has 0 fully saturated rings. The Morgan fingerprint density at radius 3 is 2.74 bits per heavy atom. The Bertz CT molecular complexity index is 1190. The fourth-order valence-corrected chi connectivity index (χ4v) is 3.85. The van der Waals surface area contributed by atoms with E-state index in [1.165, 1.54) is 6.26 Å². The molecule has 0 bridgehead atoms. The quantitative estimate of drug-likeness (QED) is 0.420. The second kappa shape index (κ2) is 9.00. The summed E-state index contributed by atoms with van der Waals surface area (Å²) < 4.78 is 16.6. The van der Waals surface area contributed by atoms with Crippen LogP contribution < -0.4 is 14.8 Å². The number of H-pyrrole nitrogens is 1. The third kappa shape index (κ3) is 4.14. The summed E-state index contributed by atoms with van der Waals surface area (Å²) in [5.74, 6) is 1.37. The van der Waals surface area contributed by atoms with Crippen molar-refractivity contribution in [3.8, 4) is 11.5 Å². The number of aryl methyl sites for hydroxylation is 1. The number of rotatable bonds is 8. The molecule has 31 heavy (non-hydrogen) atoms. The lowest BCUT2D eigenvalue weighted by molar-refractivity contribution is 0.0924. The number of hydrogen-bond donors (Lipinski definition) is 2. The third-order valence-corrected chi connectivity index (χ3v) is 5.42. The van der Waals surface area contributed by atoms with E-state index in [1.807, 2.05) is 56.4 Å². The summed E-state index contributed by atoms with van der Waals surface area (Å²) in [6.07, 6.45) is 3.53. The van der Waals surface area contributed by atoms with Gasteiger partial charge in [-0.3, -0.25) is 4.79 Å². The number of hydrogen-bond acceptors (Lipinski definition) is 4. The van der Waals surface area contributed by atoms with Gasteiger partial charge in [-0.25, -0.2) is 0 Å². The average Bonchev–Trinajstić information content (AvgIpc) is 3.41. The number of furan rings is 1. The lowest BCUT2D eigenvalue weighted by atomic mass is 9.90. The number of para-hydroxylation sites is 1. The molecular weight excluding hydrogens is 392 g/mol. The third-order valence-electron chi connectivity index (χ3n) is 5.42. The van der Waals surface area contributed by atoms with Gasteiger partial charge in [0.2, 0.25) is 0 Å². The monoisotopic (exact) mass is 418 g/mol. The maximum atomic E-state index is 12.7. The molecule has 0 saturated heterocycles. The highest BCUT2D eigenvalue weighted by molar-refractivity contribution is 5.93. The van der Waals surface area contributed by atoms with Gasteiger partial charge >= 0.3 is 0 Å². The van der Waals surface area contributed by atoms with Crippen molar-refractivity contribution in [1.29, 1.82) is 0 Å². The molecule has 1 unspecified atom stereocenters. The van der Waals surface area contributed by atoms with E-state index in [-0.39, 0.29) is 11.8 Å². The lowest BCUT2D eigenvalue weighted by Crippen LogP contribution is -2.29. The largest absolute Gasteiger partial charge is 0.493 e. The molecule has 0 aliphatic heterocycles. The predicted octanol–water partition coefficient (Wildman–Crippen LogP) is 5.04. The van der Waals surface area contributed by atoms with Gasteiger partial charge in [0.05, 0.1) is 20.0 Å². The van der Waals surface area contributed by atoms with Gasteiger partial charge in [-0.15, -0.1) is 0 Å². The van der Waals surface area contributed by atoms with E-state index in [0.717, 1.165) is 27.6 Å². The maximum absolute atomic E-state index is 12.7. The van der Waals surface area contributed by atoms with Crippen LogP contribution >= 0.6 is 0 Å². The van der Waals surface area contributed by atoms with E-state index >= 15 is 0 Å². The number of aromatic amines is 1. The Morgan fingerprint density at radius 1 is 1.16 bits per heavy atom. The molecule has 2 N–H and O–H groups in total. The summed E-state index contributed by atoms with van der Waals surface area (Å²) in [4.78, 5) is 16.0. The van der Waals surface area contributed by atoms with Gasteiger partial charge in [-0.1, -0.05) is 24.3 Å². The number of benzene rings is 2. The van der Waals surface area contributed by atoms with Gasteiger partial charge in [0.1, 0.15) is 0 Å². The number of amides is 1. The van der Waals surface area contributed by atoms with Crippen LogP contribution in [0.5, 0.6) is 11.5 Å². The fourth-order valence-electron chi connectivity index (χ4n) is 3.85. The van der Waals surface area contributed by atoms with Crippen LogP contribution in [0.3, 0.4) is 0 Å². The van der Waals surface area contributed by atoms with Crippen LogP contribution in [0.25, 0.3) is 10.9 Å². The molecule has 1 amide bonds. The molecule has 2 aromatic carbocycles. The minimum absolute atomic E-state index is 0.0973. The smallest absolute Gasteiger partial charge is 0.287 e. The number of nitrogens with one attached hydrogen (secondary N) is 2. The first-order valence-electron chi connectivity index (χ1n) is 10.3. The minimum Gasteiger partial charge on any atom is -0.493 e. The fraction of sp³-hybridized carbons (Fsp3) is 0.240. The first-order chi connectivity index (χ1) is 15.1. The van der Waals surface area contributed by atoms with E-state index in [0.29, 0.717) is 30.4 Å². The van der Waals surface area contributed by atoms with Gasteiger partial charge in [0, 0.05) is 35.1 Å². The van der Waals surface area contributed by atoms with E-state index in [2.05, 4.69) is 16.4 Å².